The summed E-state index contributed by atoms with van der Waals surface area (Å²) in [6.07, 6.45) is 0. The molecule has 0 radical (unpaired) electrons. The van der Waals surface area contributed by atoms with E-state index in [-0.39, 0.29) is 29.6 Å². The van der Waals surface area contributed by atoms with E-state index < -0.39 is 8.07 Å². The molecule has 0 aromatic carbocycles. The van der Waals surface area contributed by atoms with Crippen molar-refractivity contribution >= 4 is 37.6 Å². The molecule has 0 aliphatic carbocycles. The van der Waals surface area contributed by atoms with Crippen LogP contribution in [-0.2, 0) is 0 Å². The van der Waals surface area contributed by atoms with Crippen LogP contribution in [0, 0.1) is 0 Å². The van der Waals surface area contributed by atoms with Gasteiger partial charge in [-0.2, -0.15) is 0 Å². The third-order valence-corrected chi connectivity index (χ3v) is 2.59. The van der Waals surface area contributed by atoms with Gasteiger partial charge in [0.25, 0.3) is 0 Å². The summed E-state index contributed by atoms with van der Waals surface area (Å²) in [6.45, 7) is 7.13. The molecule has 0 fully saturated rings. The molecule has 0 rings (SSSR count). The summed E-state index contributed by atoms with van der Waals surface area (Å²) in [4.78, 5) is 0. The van der Waals surface area contributed by atoms with Crippen LogP contribution in [0.1, 0.15) is 0 Å². The predicted octanol–water partition coefficient (Wildman–Crippen LogP) is 0.668. The normalized spacial score (nSPS) is 10.5. The van der Waals surface area contributed by atoms with Crippen LogP contribution in [0.15, 0.2) is 0 Å². The molecule has 0 atom stereocenters. The predicted molar refractivity (Wildman–Crippen MR) is 42.4 cm³/mol. The van der Waals surface area contributed by atoms with Crippen molar-refractivity contribution in [3.8, 4) is 0 Å². The summed E-state index contributed by atoms with van der Waals surface area (Å²) >= 11 is 0. The summed E-state index contributed by atoms with van der Waals surface area (Å²) < 4.78 is 0. The van der Waals surface area contributed by atoms with E-state index in [1.165, 1.54) is 0 Å². The molecular weight excluding hydrogens is 127 g/mol. The first-order chi connectivity index (χ1) is 3.06. The van der Waals surface area contributed by atoms with E-state index in [0.717, 1.165) is 6.04 Å². The molecule has 8 heavy (non-hydrogen) atoms. The third kappa shape index (κ3) is 10.2. The molecule has 0 heterocycles. The average Bonchev–Trinajstić information content (AvgIpc) is 1.30. The second-order valence-corrected chi connectivity index (χ2v) is 8.66. The van der Waals surface area contributed by atoms with E-state index in [9.17, 15) is 0 Å². The van der Waals surface area contributed by atoms with Gasteiger partial charge in [0, 0.05) is 14.7 Å². The van der Waals surface area contributed by atoms with Crippen LogP contribution < -0.4 is 0 Å². The maximum absolute atomic E-state index is 8.44. The number of rotatable bonds is 2. The number of hydrogen-bond donors (Lipinski definition) is 1. The Labute approximate surface area is 74.8 Å². The van der Waals surface area contributed by atoms with E-state index in [4.69, 9.17) is 5.11 Å². The summed E-state index contributed by atoms with van der Waals surface area (Å²) in [5.41, 5.74) is 0. The molecule has 0 amide bonds. The van der Waals surface area contributed by atoms with Gasteiger partial charge in [0.15, 0.2) is 0 Å². The van der Waals surface area contributed by atoms with Gasteiger partial charge >= 0.3 is 29.6 Å². The molecule has 0 bridgehead atoms. The van der Waals surface area contributed by atoms with E-state index in [2.05, 4.69) is 19.6 Å². The maximum atomic E-state index is 8.44. The Hall–Kier alpha value is 1.18. The molecule has 1 N–H and O–H groups in total. The first-order valence-electron chi connectivity index (χ1n) is 2.67. The SMILES string of the molecule is C[Si](C)(C)CCO.[NaH]. The second kappa shape index (κ2) is 5.00. The molecule has 0 saturated heterocycles. The fraction of sp³-hybridized carbons (Fsp3) is 1.00. The topological polar surface area (TPSA) is 20.2 Å². The first-order valence-corrected chi connectivity index (χ1v) is 6.38. The van der Waals surface area contributed by atoms with Crippen LogP contribution >= 0.6 is 0 Å². The molecular formula is C5H15NaOSi. The Morgan fingerprint density at radius 2 is 1.62 bits per heavy atom. The van der Waals surface area contributed by atoms with E-state index >= 15 is 0 Å². The van der Waals surface area contributed by atoms with Crippen LogP contribution in [0.4, 0.5) is 0 Å². The van der Waals surface area contributed by atoms with Gasteiger partial charge in [-0.05, 0) is 6.04 Å². The molecule has 0 aromatic heterocycles. The monoisotopic (exact) mass is 142 g/mol. The Morgan fingerprint density at radius 1 is 1.25 bits per heavy atom. The molecule has 3 heteroatoms. The standard InChI is InChI=1S/C5H14OSi.Na.H/c1-7(2,3)5-4-6;;/h6H,4-5H2,1-3H3;;. The zero-order chi connectivity index (χ0) is 5.91. The fourth-order valence-electron chi connectivity index (χ4n) is 0.335. The van der Waals surface area contributed by atoms with Crippen molar-refractivity contribution in [2.75, 3.05) is 6.61 Å². The minimum atomic E-state index is -0.907. The Kier molecular flexibility index (Phi) is 7.45. The van der Waals surface area contributed by atoms with Gasteiger partial charge in [-0.15, -0.1) is 0 Å². The summed E-state index contributed by atoms with van der Waals surface area (Å²) in [6, 6.07) is 1.03. The van der Waals surface area contributed by atoms with Crippen LogP contribution in [0.5, 0.6) is 0 Å². The molecule has 0 spiro atoms. The van der Waals surface area contributed by atoms with E-state index in [1.54, 1.807) is 0 Å². The molecule has 0 aliphatic rings. The zero-order valence-electron chi connectivity index (χ0n) is 5.36. The van der Waals surface area contributed by atoms with Gasteiger partial charge in [-0.3, -0.25) is 0 Å². The summed E-state index contributed by atoms with van der Waals surface area (Å²) in [7, 11) is -0.907. The van der Waals surface area contributed by atoms with Crippen LogP contribution in [0.2, 0.25) is 25.7 Å². The molecule has 0 saturated carbocycles. The molecule has 0 aromatic rings. The van der Waals surface area contributed by atoms with Gasteiger partial charge in [-0.1, -0.05) is 19.6 Å². The van der Waals surface area contributed by atoms with Crippen molar-refractivity contribution in [1.29, 1.82) is 0 Å². The van der Waals surface area contributed by atoms with Crippen molar-refractivity contribution in [3.63, 3.8) is 0 Å². The van der Waals surface area contributed by atoms with Gasteiger partial charge in [0.05, 0.1) is 0 Å². The zero-order valence-corrected chi connectivity index (χ0v) is 6.36. The third-order valence-electron chi connectivity index (χ3n) is 0.862. The molecule has 0 aliphatic heterocycles. The Morgan fingerprint density at radius 3 is 1.62 bits per heavy atom. The second-order valence-electron chi connectivity index (χ2n) is 3.03. The molecule has 46 valence electrons. The van der Waals surface area contributed by atoms with Gasteiger partial charge in [0.2, 0.25) is 0 Å². The number of aliphatic hydroxyl groups is 1. The van der Waals surface area contributed by atoms with Crippen LogP contribution in [0.3, 0.4) is 0 Å². The van der Waals surface area contributed by atoms with Crippen LogP contribution in [0.25, 0.3) is 0 Å². The molecule has 1 nitrogen and oxygen atoms in total. The van der Waals surface area contributed by atoms with Crippen molar-refractivity contribution in [2.45, 2.75) is 25.7 Å². The Bertz CT molecular complexity index is 50.9. The van der Waals surface area contributed by atoms with Gasteiger partial charge in [0.1, 0.15) is 0 Å². The van der Waals surface area contributed by atoms with Crippen molar-refractivity contribution in [3.05, 3.63) is 0 Å². The van der Waals surface area contributed by atoms with Crippen molar-refractivity contribution in [2.24, 2.45) is 0 Å². The fourth-order valence-corrected chi connectivity index (χ4v) is 1.01. The van der Waals surface area contributed by atoms with Crippen molar-refractivity contribution < 1.29 is 5.11 Å². The number of aliphatic hydroxyl groups excluding tert-OH is 1. The average molecular weight is 142 g/mol. The van der Waals surface area contributed by atoms with Gasteiger partial charge in [-0.25, -0.2) is 0 Å². The van der Waals surface area contributed by atoms with E-state index in [1.807, 2.05) is 0 Å². The quantitative estimate of drug-likeness (QED) is 0.562. The van der Waals surface area contributed by atoms with E-state index in [0.29, 0.717) is 6.61 Å². The Balaban J connectivity index is 0. The van der Waals surface area contributed by atoms with Crippen LogP contribution in [-0.4, -0.2) is 49.3 Å². The summed E-state index contributed by atoms with van der Waals surface area (Å²) in [5, 5.41) is 8.44. The first kappa shape index (κ1) is 11.9. The minimum absolute atomic E-state index is 0. The summed E-state index contributed by atoms with van der Waals surface area (Å²) in [5.74, 6) is 0. The molecule has 0 unspecified atom stereocenters. The van der Waals surface area contributed by atoms with Gasteiger partial charge < -0.3 is 5.11 Å². The number of hydrogen-bond acceptors (Lipinski definition) is 1. The van der Waals surface area contributed by atoms with Crippen molar-refractivity contribution in [1.82, 2.24) is 0 Å².